The van der Waals surface area contributed by atoms with E-state index >= 15 is 0 Å². The lowest BCUT2D eigenvalue weighted by molar-refractivity contribution is -0.0163. The SMILES string of the molecule is CC1(OC(=O)Nc2ccccc2-c2ccccc2)CCN(CCCCCCCCN(CCCO)Cc2ccncc2)CC1. The summed E-state index contributed by atoms with van der Waals surface area (Å²) in [5.74, 6) is 0. The third-order valence-corrected chi connectivity index (χ3v) is 8.49. The van der Waals surface area contributed by atoms with Crippen LogP contribution in [-0.2, 0) is 11.3 Å². The van der Waals surface area contributed by atoms with E-state index in [2.05, 4.69) is 39.2 Å². The Labute approximate surface area is 258 Å². The molecule has 0 saturated carbocycles. The van der Waals surface area contributed by atoms with Gasteiger partial charge in [-0.1, -0.05) is 74.2 Å². The minimum absolute atomic E-state index is 0.246. The number of ether oxygens (including phenoxy) is 1. The van der Waals surface area contributed by atoms with Crippen LogP contribution >= 0.6 is 0 Å². The molecule has 3 aromatic rings. The van der Waals surface area contributed by atoms with Crippen molar-refractivity contribution in [2.45, 2.75) is 76.9 Å². The zero-order valence-electron chi connectivity index (χ0n) is 25.9. The van der Waals surface area contributed by atoms with Gasteiger partial charge in [0.15, 0.2) is 0 Å². The lowest BCUT2D eigenvalue weighted by atomic mass is 9.93. The first-order chi connectivity index (χ1) is 21.0. The first-order valence-electron chi connectivity index (χ1n) is 16.1. The Balaban J connectivity index is 1.07. The number of aliphatic hydroxyl groups excluding tert-OH is 1. The highest BCUT2D eigenvalue weighted by Crippen LogP contribution is 2.30. The van der Waals surface area contributed by atoms with E-state index in [1.54, 1.807) is 0 Å². The van der Waals surface area contributed by atoms with Crippen molar-refractivity contribution < 1.29 is 14.6 Å². The van der Waals surface area contributed by atoms with Crippen molar-refractivity contribution in [2.75, 3.05) is 44.6 Å². The van der Waals surface area contributed by atoms with Gasteiger partial charge in [0.25, 0.3) is 0 Å². The summed E-state index contributed by atoms with van der Waals surface area (Å²) in [5, 5.41) is 12.2. The number of carbonyl (C=O) groups is 1. The van der Waals surface area contributed by atoms with Crippen LogP contribution < -0.4 is 5.32 Å². The van der Waals surface area contributed by atoms with E-state index in [4.69, 9.17) is 4.74 Å². The van der Waals surface area contributed by atoms with Crippen LogP contribution in [0.3, 0.4) is 0 Å². The molecule has 0 unspecified atom stereocenters. The highest BCUT2D eigenvalue weighted by molar-refractivity contribution is 5.91. The van der Waals surface area contributed by atoms with Crippen LogP contribution in [0.4, 0.5) is 10.5 Å². The van der Waals surface area contributed by atoms with Gasteiger partial charge in [-0.15, -0.1) is 0 Å². The number of rotatable bonds is 17. The molecular weight excluding hydrogens is 536 g/mol. The van der Waals surface area contributed by atoms with Crippen molar-refractivity contribution in [1.29, 1.82) is 0 Å². The Morgan fingerprint density at radius 1 is 0.884 bits per heavy atom. The smallest absolute Gasteiger partial charge is 0.412 e. The maximum atomic E-state index is 12.9. The fourth-order valence-electron chi connectivity index (χ4n) is 5.86. The van der Waals surface area contributed by atoms with Crippen LogP contribution in [0.15, 0.2) is 79.1 Å². The normalized spacial score (nSPS) is 15.0. The predicted octanol–water partition coefficient (Wildman–Crippen LogP) is 7.38. The molecule has 0 spiro atoms. The predicted molar refractivity (Wildman–Crippen MR) is 175 cm³/mol. The van der Waals surface area contributed by atoms with Gasteiger partial charge in [-0.3, -0.25) is 15.2 Å². The quantitative estimate of drug-likeness (QED) is 0.161. The number of anilines is 1. The number of piperidine rings is 1. The molecule has 1 fully saturated rings. The standard InChI is InChI=1S/C36H50N4O3/c1-36(43-35(42)38-34-17-10-9-16-33(34)32-14-7-6-8-15-32)20-27-39(28-21-36)24-11-4-2-3-5-12-25-40(26-13-29-41)30-31-18-22-37-23-19-31/h6-10,14-19,22-23,41H,2-5,11-13,20-21,24-30H2,1H3,(H,38,42). The summed E-state index contributed by atoms with van der Waals surface area (Å²) in [7, 11) is 0. The molecule has 2 heterocycles. The molecule has 0 aliphatic carbocycles. The van der Waals surface area contributed by atoms with E-state index in [0.717, 1.165) is 75.3 Å². The number of nitrogens with one attached hydrogen (secondary N) is 1. The fraction of sp³-hybridized carbons (Fsp3) is 0.500. The number of likely N-dealkylation sites (tertiary alicyclic amines) is 1. The van der Waals surface area contributed by atoms with Crippen molar-refractivity contribution in [3.8, 4) is 11.1 Å². The molecule has 0 bridgehead atoms. The third kappa shape index (κ3) is 11.4. The summed E-state index contributed by atoms with van der Waals surface area (Å²) in [4.78, 5) is 22.0. The van der Waals surface area contributed by atoms with Crippen LogP contribution in [-0.4, -0.2) is 70.9 Å². The Hall–Kier alpha value is -3.26. The van der Waals surface area contributed by atoms with E-state index in [1.165, 1.54) is 44.1 Å². The molecule has 1 amide bonds. The molecule has 7 heteroatoms. The second kappa shape index (κ2) is 17.8. The Morgan fingerprint density at radius 2 is 1.53 bits per heavy atom. The summed E-state index contributed by atoms with van der Waals surface area (Å²) in [6.07, 6.45) is 13.3. The molecule has 7 nitrogen and oxygen atoms in total. The zero-order valence-corrected chi connectivity index (χ0v) is 25.9. The highest BCUT2D eigenvalue weighted by Gasteiger charge is 2.33. The van der Waals surface area contributed by atoms with Gasteiger partial charge in [0.1, 0.15) is 5.60 Å². The summed E-state index contributed by atoms with van der Waals surface area (Å²) in [6, 6.07) is 22.1. The summed E-state index contributed by atoms with van der Waals surface area (Å²) < 4.78 is 5.98. The van der Waals surface area contributed by atoms with Gasteiger partial charge in [-0.2, -0.15) is 0 Å². The number of carbonyl (C=O) groups excluding carboxylic acids is 1. The second-order valence-electron chi connectivity index (χ2n) is 12.0. The highest BCUT2D eigenvalue weighted by atomic mass is 16.6. The van der Waals surface area contributed by atoms with Crippen molar-refractivity contribution in [3.05, 3.63) is 84.7 Å². The molecular formula is C36H50N4O3. The van der Waals surface area contributed by atoms with Gasteiger partial charge in [0.2, 0.25) is 0 Å². The van der Waals surface area contributed by atoms with E-state index in [0.29, 0.717) is 0 Å². The minimum atomic E-state index is -0.440. The average Bonchev–Trinajstić information content (AvgIpc) is 3.03. The molecule has 2 N–H and O–H groups in total. The van der Waals surface area contributed by atoms with Crippen molar-refractivity contribution in [3.63, 3.8) is 0 Å². The van der Waals surface area contributed by atoms with Crippen molar-refractivity contribution in [1.82, 2.24) is 14.8 Å². The van der Waals surface area contributed by atoms with E-state index in [1.807, 2.05) is 67.0 Å². The maximum absolute atomic E-state index is 12.9. The lowest BCUT2D eigenvalue weighted by Crippen LogP contribution is -2.46. The van der Waals surface area contributed by atoms with Crippen LogP contribution in [0.2, 0.25) is 0 Å². The van der Waals surface area contributed by atoms with Gasteiger partial charge in [-0.05, 0) is 81.4 Å². The molecule has 2 aromatic carbocycles. The number of benzene rings is 2. The third-order valence-electron chi connectivity index (χ3n) is 8.49. The summed E-state index contributed by atoms with van der Waals surface area (Å²) >= 11 is 0. The van der Waals surface area contributed by atoms with Gasteiger partial charge < -0.3 is 14.7 Å². The molecule has 1 aliphatic heterocycles. The average molecular weight is 587 g/mol. The van der Waals surface area contributed by atoms with E-state index in [-0.39, 0.29) is 12.7 Å². The number of unbranched alkanes of at least 4 members (excludes halogenated alkanes) is 5. The number of hydrogen-bond donors (Lipinski definition) is 2. The number of aliphatic hydroxyl groups is 1. The number of hydrogen-bond acceptors (Lipinski definition) is 6. The zero-order chi connectivity index (χ0) is 30.2. The molecule has 0 atom stereocenters. The Morgan fingerprint density at radius 3 is 2.28 bits per heavy atom. The number of aromatic nitrogens is 1. The number of amides is 1. The molecule has 1 aliphatic rings. The van der Waals surface area contributed by atoms with Gasteiger partial charge in [0, 0.05) is 50.7 Å². The number of pyridine rings is 1. The first-order valence-corrected chi connectivity index (χ1v) is 16.1. The van der Waals surface area contributed by atoms with E-state index in [9.17, 15) is 9.90 Å². The molecule has 0 radical (unpaired) electrons. The van der Waals surface area contributed by atoms with Gasteiger partial charge >= 0.3 is 6.09 Å². The van der Waals surface area contributed by atoms with Gasteiger partial charge in [-0.25, -0.2) is 4.79 Å². The molecule has 43 heavy (non-hydrogen) atoms. The Bertz CT molecular complexity index is 1200. The second-order valence-corrected chi connectivity index (χ2v) is 12.0. The lowest BCUT2D eigenvalue weighted by Gasteiger charge is -2.38. The molecule has 232 valence electrons. The number of nitrogens with zero attached hydrogens (tertiary/aromatic N) is 3. The molecule has 1 saturated heterocycles. The first kappa shape index (κ1) is 32.6. The fourth-order valence-corrected chi connectivity index (χ4v) is 5.86. The van der Waals surface area contributed by atoms with Crippen molar-refractivity contribution in [2.24, 2.45) is 0 Å². The summed E-state index contributed by atoms with van der Waals surface area (Å²) in [5.41, 5.74) is 3.66. The van der Waals surface area contributed by atoms with Crippen LogP contribution in [0.1, 0.15) is 70.3 Å². The van der Waals surface area contributed by atoms with Crippen LogP contribution in [0, 0.1) is 0 Å². The minimum Gasteiger partial charge on any atom is -0.443 e. The molecule has 4 rings (SSSR count). The number of para-hydroxylation sites is 1. The van der Waals surface area contributed by atoms with Crippen LogP contribution in [0.25, 0.3) is 11.1 Å². The Kier molecular flexibility index (Phi) is 13.5. The molecule has 1 aromatic heterocycles. The van der Waals surface area contributed by atoms with Gasteiger partial charge in [0.05, 0.1) is 5.69 Å². The van der Waals surface area contributed by atoms with Crippen molar-refractivity contribution >= 4 is 11.8 Å². The monoisotopic (exact) mass is 586 g/mol. The van der Waals surface area contributed by atoms with Crippen LogP contribution in [0.5, 0.6) is 0 Å². The maximum Gasteiger partial charge on any atom is 0.412 e. The summed E-state index contributed by atoms with van der Waals surface area (Å²) in [6.45, 7) is 8.30. The van der Waals surface area contributed by atoms with E-state index < -0.39 is 5.60 Å². The largest absolute Gasteiger partial charge is 0.443 e. The topological polar surface area (TPSA) is 77.9 Å².